The van der Waals surface area contributed by atoms with Crippen molar-refractivity contribution in [2.45, 2.75) is 13.3 Å². The molecule has 4 nitrogen and oxygen atoms in total. The summed E-state index contributed by atoms with van der Waals surface area (Å²) in [6, 6.07) is 0. The number of nitrogens with zero attached hydrogens (tertiary/aromatic N) is 3. The van der Waals surface area contributed by atoms with Gasteiger partial charge in [-0.15, -0.1) is 5.10 Å². The van der Waals surface area contributed by atoms with E-state index in [2.05, 4.69) is 15.2 Å². The molecule has 0 atom stereocenters. The van der Waals surface area contributed by atoms with Gasteiger partial charge in [0.1, 0.15) is 12.0 Å². The largest absolute Gasteiger partial charge is 0.292 e. The Labute approximate surface area is 58.3 Å². The highest BCUT2D eigenvalue weighted by Crippen LogP contribution is 1.93. The highest BCUT2D eigenvalue weighted by Gasteiger charge is 2.02. The number of ketones is 1. The van der Waals surface area contributed by atoms with Crippen LogP contribution in [0.2, 0.25) is 0 Å². The molecule has 52 valence electrons. The molecule has 0 radical (unpaired) electrons. The molecule has 1 aromatic heterocycles. The predicted molar refractivity (Wildman–Crippen MR) is 34.4 cm³/mol. The Kier molecular flexibility index (Phi) is 2.04. The molecule has 0 aromatic carbocycles. The maximum absolute atomic E-state index is 10.9. The molecule has 0 aliphatic rings. The summed E-state index contributed by atoms with van der Waals surface area (Å²) in [5, 5.41) is 6.97. The molecule has 0 aliphatic carbocycles. The minimum Gasteiger partial charge on any atom is -0.292 e. The minimum atomic E-state index is -0.00472. The van der Waals surface area contributed by atoms with Gasteiger partial charge in [-0.1, -0.05) is 6.92 Å². The maximum atomic E-state index is 10.9. The Balaban J connectivity index is 2.85. The van der Waals surface area contributed by atoms with Gasteiger partial charge in [0.15, 0.2) is 5.78 Å². The summed E-state index contributed by atoms with van der Waals surface area (Å²) in [5.41, 5.74) is 0.387. The van der Waals surface area contributed by atoms with Gasteiger partial charge in [0.05, 0.1) is 6.20 Å². The van der Waals surface area contributed by atoms with Gasteiger partial charge in [-0.2, -0.15) is 5.10 Å². The second-order valence-corrected chi connectivity index (χ2v) is 1.77. The standard InChI is InChI=1S/C6H7N3O/c1-2-6(10)5-3-8-9-4-7-5/h3-4H,2H2,1H3. The third kappa shape index (κ3) is 1.34. The number of rotatable bonds is 2. The van der Waals surface area contributed by atoms with Crippen molar-refractivity contribution in [1.82, 2.24) is 15.2 Å². The number of carbonyl (C=O) groups is 1. The van der Waals surface area contributed by atoms with Gasteiger partial charge < -0.3 is 0 Å². The van der Waals surface area contributed by atoms with Crippen molar-refractivity contribution in [2.24, 2.45) is 0 Å². The Morgan fingerprint density at radius 3 is 2.90 bits per heavy atom. The molecule has 0 fully saturated rings. The molecule has 1 aromatic rings. The molecule has 1 heterocycles. The van der Waals surface area contributed by atoms with Gasteiger partial charge in [-0.25, -0.2) is 4.98 Å². The smallest absolute Gasteiger partial charge is 0.182 e. The molecule has 0 saturated heterocycles. The fourth-order valence-corrected chi connectivity index (χ4v) is 0.564. The SMILES string of the molecule is CCC(=O)c1cnncn1. The molecule has 0 N–H and O–H groups in total. The fourth-order valence-electron chi connectivity index (χ4n) is 0.564. The van der Waals surface area contributed by atoms with E-state index in [1.807, 2.05) is 0 Å². The molecule has 1 rings (SSSR count). The fraction of sp³-hybridized carbons (Fsp3) is 0.333. The van der Waals surface area contributed by atoms with Crippen molar-refractivity contribution < 1.29 is 4.79 Å². The summed E-state index contributed by atoms with van der Waals surface area (Å²) >= 11 is 0. The molecule has 4 heteroatoms. The second kappa shape index (κ2) is 3.00. The average Bonchev–Trinajstić information content (AvgIpc) is 2.05. The lowest BCUT2D eigenvalue weighted by Gasteiger charge is -1.90. The van der Waals surface area contributed by atoms with Crippen molar-refractivity contribution in [3.05, 3.63) is 18.2 Å². The van der Waals surface area contributed by atoms with Crippen LogP contribution in [0.1, 0.15) is 23.8 Å². The maximum Gasteiger partial charge on any atom is 0.182 e. The number of hydrogen-bond acceptors (Lipinski definition) is 4. The monoisotopic (exact) mass is 137 g/mol. The Morgan fingerprint density at radius 1 is 1.60 bits per heavy atom. The Morgan fingerprint density at radius 2 is 2.40 bits per heavy atom. The van der Waals surface area contributed by atoms with E-state index in [9.17, 15) is 4.79 Å². The van der Waals surface area contributed by atoms with Crippen LogP contribution >= 0.6 is 0 Å². The van der Waals surface area contributed by atoms with Crippen LogP contribution in [0.15, 0.2) is 12.5 Å². The molecule has 0 unspecified atom stereocenters. The summed E-state index contributed by atoms with van der Waals surface area (Å²) in [5.74, 6) is -0.00472. The van der Waals surface area contributed by atoms with Crippen LogP contribution in [-0.4, -0.2) is 21.0 Å². The molecule has 0 aliphatic heterocycles. The molecule has 0 spiro atoms. The lowest BCUT2D eigenvalue weighted by molar-refractivity contribution is 0.0982. The van der Waals surface area contributed by atoms with Gasteiger partial charge in [-0.3, -0.25) is 4.79 Å². The first-order valence-electron chi connectivity index (χ1n) is 3.00. The van der Waals surface area contributed by atoms with E-state index < -0.39 is 0 Å². The van der Waals surface area contributed by atoms with Gasteiger partial charge in [0.25, 0.3) is 0 Å². The van der Waals surface area contributed by atoms with E-state index in [0.717, 1.165) is 0 Å². The van der Waals surface area contributed by atoms with Gasteiger partial charge in [0.2, 0.25) is 0 Å². The first-order chi connectivity index (χ1) is 4.84. The van der Waals surface area contributed by atoms with Crippen LogP contribution in [0.5, 0.6) is 0 Å². The topological polar surface area (TPSA) is 55.7 Å². The van der Waals surface area contributed by atoms with Gasteiger partial charge in [-0.05, 0) is 0 Å². The number of carbonyl (C=O) groups excluding carboxylic acids is 1. The molecular formula is C6H7N3O. The first kappa shape index (κ1) is 6.80. The van der Waals surface area contributed by atoms with E-state index in [4.69, 9.17) is 0 Å². The Bertz CT molecular complexity index is 222. The molecule has 0 amide bonds. The number of aromatic nitrogens is 3. The van der Waals surface area contributed by atoms with Crippen LogP contribution in [0.3, 0.4) is 0 Å². The lowest BCUT2D eigenvalue weighted by Crippen LogP contribution is -2.00. The summed E-state index contributed by atoms with van der Waals surface area (Å²) in [6.07, 6.45) is 3.09. The summed E-state index contributed by atoms with van der Waals surface area (Å²) < 4.78 is 0. The van der Waals surface area contributed by atoms with Crippen LogP contribution < -0.4 is 0 Å². The van der Waals surface area contributed by atoms with E-state index in [1.54, 1.807) is 6.92 Å². The zero-order valence-corrected chi connectivity index (χ0v) is 5.61. The molecular weight excluding hydrogens is 130 g/mol. The second-order valence-electron chi connectivity index (χ2n) is 1.77. The minimum absolute atomic E-state index is 0.00472. The summed E-state index contributed by atoms with van der Waals surface area (Å²) in [6.45, 7) is 1.78. The highest BCUT2D eigenvalue weighted by molar-refractivity contribution is 5.93. The molecule has 0 bridgehead atoms. The van der Waals surface area contributed by atoms with Crippen LogP contribution in [0.25, 0.3) is 0 Å². The van der Waals surface area contributed by atoms with Crippen molar-refractivity contribution in [3.8, 4) is 0 Å². The summed E-state index contributed by atoms with van der Waals surface area (Å²) in [7, 11) is 0. The first-order valence-corrected chi connectivity index (χ1v) is 3.00. The van der Waals surface area contributed by atoms with Crippen molar-refractivity contribution in [1.29, 1.82) is 0 Å². The Hall–Kier alpha value is -1.32. The molecule has 0 saturated carbocycles. The number of hydrogen-bond donors (Lipinski definition) is 0. The van der Waals surface area contributed by atoms with Crippen LogP contribution in [-0.2, 0) is 0 Å². The van der Waals surface area contributed by atoms with E-state index in [1.165, 1.54) is 12.5 Å². The molecule has 10 heavy (non-hydrogen) atoms. The normalized spacial score (nSPS) is 9.30. The van der Waals surface area contributed by atoms with E-state index in [0.29, 0.717) is 12.1 Å². The van der Waals surface area contributed by atoms with Gasteiger partial charge >= 0.3 is 0 Å². The quantitative estimate of drug-likeness (QED) is 0.556. The number of Topliss-reactive ketones (excluding diaryl/α,β-unsaturated/α-hetero) is 1. The van der Waals surface area contributed by atoms with E-state index in [-0.39, 0.29) is 5.78 Å². The van der Waals surface area contributed by atoms with E-state index >= 15 is 0 Å². The summed E-state index contributed by atoms with van der Waals surface area (Å²) in [4.78, 5) is 14.6. The predicted octanol–water partition coefficient (Wildman–Crippen LogP) is 0.464. The van der Waals surface area contributed by atoms with Gasteiger partial charge in [0, 0.05) is 6.42 Å². The lowest BCUT2D eigenvalue weighted by atomic mass is 10.2. The zero-order valence-electron chi connectivity index (χ0n) is 5.61. The highest BCUT2D eigenvalue weighted by atomic mass is 16.1. The zero-order chi connectivity index (χ0) is 7.40. The van der Waals surface area contributed by atoms with Crippen LogP contribution in [0.4, 0.5) is 0 Å². The third-order valence-electron chi connectivity index (χ3n) is 1.10. The average molecular weight is 137 g/mol. The van der Waals surface area contributed by atoms with Crippen molar-refractivity contribution in [3.63, 3.8) is 0 Å². The van der Waals surface area contributed by atoms with Crippen molar-refractivity contribution >= 4 is 5.78 Å². The van der Waals surface area contributed by atoms with Crippen molar-refractivity contribution in [2.75, 3.05) is 0 Å². The third-order valence-corrected chi connectivity index (χ3v) is 1.10. The van der Waals surface area contributed by atoms with Crippen LogP contribution in [0, 0.1) is 0 Å².